The minimum Gasteiger partial charge on any atom is -0.393 e. The second-order valence-corrected chi connectivity index (χ2v) is 6.68. The van der Waals surface area contributed by atoms with Gasteiger partial charge >= 0.3 is 0 Å². The number of hydrogen-bond donors (Lipinski definition) is 1. The van der Waals surface area contributed by atoms with E-state index in [2.05, 4.69) is 6.07 Å². The minimum atomic E-state index is -0.269. The topological polar surface area (TPSA) is 64.3 Å². The molecule has 0 aromatic heterocycles. The zero-order valence-corrected chi connectivity index (χ0v) is 12.6. The molecule has 1 aromatic rings. The molecule has 1 aromatic carbocycles. The first-order valence-electron chi connectivity index (χ1n) is 7.30. The summed E-state index contributed by atoms with van der Waals surface area (Å²) in [6, 6.07) is 9.93. The lowest BCUT2D eigenvalue weighted by Crippen LogP contribution is -2.48. The van der Waals surface area contributed by atoms with E-state index < -0.39 is 0 Å². The van der Waals surface area contributed by atoms with Gasteiger partial charge in [-0.05, 0) is 37.8 Å². The maximum absolute atomic E-state index is 12.9. The third kappa shape index (κ3) is 2.78. The lowest BCUT2D eigenvalue weighted by Gasteiger charge is -2.37. The quantitative estimate of drug-likeness (QED) is 0.871. The van der Waals surface area contributed by atoms with Gasteiger partial charge in [-0.15, -0.1) is 11.8 Å². The number of thioether (sulfide) groups is 1. The van der Waals surface area contributed by atoms with Gasteiger partial charge in [0.1, 0.15) is 0 Å². The summed E-state index contributed by atoms with van der Waals surface area (Å²) in [6.45, 7) is 0. The summed E-state index contributed by atoms with van der Waals surface area (Å²) in [4.78, 5) is 15.7. The minimum absolute atomic E-state index is 0.0513. The van der Waals surface area contributed by atoms with E-state index in [0.717, 1.165) is 17.7 Å². The zero-order valence-electron chi connectivity index (χ0n) is 11.7. The summed E-state index contributed by atoms with van der Waals surface area (Å²) in [6.07, 6.45) is 3.09. The maximum atomic E-state index is 12.9. The molecule has 0 spiro atoms. The average Bonchev–Trinajstić information content (AvgIpc) is 2.76. The fourth-order valence-electron chi connectivity index (χ4n) is 3.50. The van der Waals surface area contributed by atoms with Crippen molar-refractivity contribution in [3.63, 3.8) is 0 Å². The number of piperidine rings is 1. The molecule has 2 heterocycles. The van der Waals surface area contributed by atoms with E-state index in [-0.39, 0.29) is 24.1 Å². The zero-order chi connectivity index (χ0) is 14.8. The Morgan fingerprint density at radius 1 is 1.33 bits per heavy atom. The Labute approximate surface area is 128 Å². The van der Waals surface area contributed by atoms with Gasteiger partial charge in [0.25, 0.3) is 5.91 Å². The van der Waals surface area contributed by atoms with Gasteiger partial charge in [0, 0.05) is 17.0 Å². The van der Waals surface area contributed by atoms with Crippen LogP contribution in [0.1, 0.15) is 36.0 Å². The van der Waals surface area contributed by atoms with Crippen LogP contribution in [0.15, 0.2) is 29.2 Å². The number of nitriles is 1. The van der Waals surface area contributed by atoms with Crippen molar-refractivity contribution in [2.75, 3.05) is 5.75 Å². The van der Waals surface area contributed by atoms with Crippen LogP contribution in [0.2, 0.25) is 0 Å². The van der Waals surface area contributed by atoms with Crippen molar-refractivity contribution in [2.24, 2.45) is 0 Å². The second kappa shape index (κ2) is 6.08. The molecule has 21 heavy (non-hydrogen) atoms. The summed E-state index contributed by atoms with van der Waals surface area (Å²) in [5.74, 6) is 0.394. The van der Waals surface area contributed by atoms with Gasteiger partial charge in [-0.2, -0.15) is 5.26 Å². The SMILES string of the molecule is N#CCSc1ccccc1C(=O)N1C2CCC1CC(O)C2. The smallest absolute Gasteiger partial charge is 0.255 e. The summed E-state index contributed by atoms with van der Waals surface area (Å²) in [5, 5.41) is 18.6. The number of fused-ring (bicyclic) bond motifs is 2. The van der Waals surface area contributed by atoms with Crippen molar-refractivity contribution in [3.8, 4) is 6.07 Å². The van der Waals surface area contributed by atoms with E-state index in [0.29, 0.717) is 24.2 Å². The van der Waals surface area contributed by atoms with Crippen molar-refractivity contribution in [3.05, 3.63) is 29.8 Å². The van der Waals surface area contributed by atoms with Gasteiger partial charge in [0.2, 0.25) is 0 Å². The third-order valence-corrected chi connectivity index (χ3v) is 5.29. The van der Waals surface area contributed by atoms with Gasteiger partial charge in [-0.1, -0.05) is 12.1 Å². The molecule has 2 unspecified atom stereocenters. The van der Waals surface area contributed by atoms with Gasteiger partial charge in [-0.3, -0.25) is 4.79 Å². The largest absolute Gasteiger partial charge is 0.393 e. The molecule has 0 saturated carbocycles. The molecular formula is C16H18N2O2S. The number of nitrogens with zero attached hydrogens (tertiary/aromatic N) is 2. The summed E-state index contributed by atoms with van der Waals surface area (Å²) >= 11 is 1.40. The van der Waals surface area contributed by atoms with Gasteiger partial charge < -0.3 is 10.0 Å². The van der Waals surface area contributed by atoms with E-state index in [1.165, 1.54) is 11.8 Å². The van der Waals surface area contributed by atoms with Crippen LogP contribution in [-0.4, -0.2) is 39.9 Å². The normalized spacial score (nSPS) is 27.4. The highest BCUT2D eigenvalue weighted by atomic mass is 32.2. The number of rotatable bonds is 3. The van der Waals surface area contributed by atoms with Crippen LogP contribution in [-0.2, 0) is 0 Å². The van der Waals surface area contributed by atoms with Crippen LogP contribution in [0.25, 0.3) is 0 Å². The van der Waals surface area contributed by atoms with Crippen LogP contribution in [0, 0.1) is 11.3 Å². The Morgan fingerprint density at radius 2 is 2.00 bits per heavy atom. The van der Waals surface area contributed by atoms with E-state index in [1.54, 1.807) is 0 Å². The predicted molar refractivity (Wildman–Crippen MR) is 81.0 cm³/mol. The van der Waals surface area contributed by atoms with Crippen LogP contribution in [0.3, 0.4) is 0 Å². The third-order valence-electron chi connectivity index (χ3n) is 4.35. The van der Waals surface area contributed by atoms with E-state index in [9.17, 15) is 9.90 Å². The van der Waals surface area contributed by atoms with Crippen molar-refractivity contribution in [1.82, 2.24) is 4.90 Å². The fraction of sp³-hybridized carbons (Fsp3) is 0.500. The standard InChI is InChI=1S/C16H18N2O2S/c17-7-8-21-15-4-2-1-3-14(15)16(20)18-11-5-6-12(18)10-13(19)9-11/h1-4,11-13,19H,5-6,8-10H2. The first-order valence-corrected chi connectivity index (χ1v) is 8.28. The monoisotopic (exact) mass is 302 g/mol. The molecule has 5 heteroatoms. The fourth-order valence-corrected chi connectivity index (χ4v) is 4.20. The molecule has 0 radical (unpaired) electrons. The Kier molecular flexibility index (Phi) is 4.18. The van der Waals surface area contributed by atoms with E-state index >= 15 is 0 Å². The average molecular weight is 302 g/mol. The molecule has 2 fully saturated rings. The van der Waals surface area contributed by atoms with Gasteiger partial charge in [-0.25, -0.2) is 0 Å². The first-order chi connectivity index (χ1) is 10.2. The van der Waals surface area contributed by atoms with Crippen LogP contribution in [0.5, 0.6) is 0 Å². The van der Waals surface area contributed by atoms with Gasteiger partial charge in [0.05, 0.1) is 23.5 Å². The molecule has 110 valence electrons. The Bertz CT molecular complexity index is 570. The molecule has 2 bridgehead atoms. The van der Waals surface area contributed by atoms with Crippen LogP contribution >= 0.6 is 11.8 Å². The number of carbonyl (C=O) groups excluding carboxylic acids is 1. The summed E-state index contributed by atoms with van der Waals surface area (Å²) in [7, 11) is 0. The van der Waals surface area contributed by atoms with Crippen molar-refractivity contribution in [2.45, 2.75) is 48.8 Å². The van der Waals surface area contributed by atoms with Crippen LogP contribution < -0.4 is 0 Å². The molecule has 1 N–H and O–H groups in total. The van der Waals surface area contributed by atoms with E-state index in [1.807, 2.05) is 29.2 Å². The highest BCUT2D eigenvalue weighted by Crippen LogP contribution is 2.37. The number of aliphatic hydroxyl groups is 1. The van der Waals surface area contributed by atoms with Crippen molar-refractivity contribution in [1.29, 1.82) is 5.26 Å². The molecule has 2 aliphatic rings. The predicted octanol–water partition coefficient (Wildman–Crippen LogP) is 2.43. The molecule has 2 aliphatic heterocycles. The van der Waals surface area contributed by atoms with Crippen LogP contribution in [0.4, 0.5) is 0 Å². The Balaban J connectivity index is 1.85. The number of aliphatic hydroxyl groups excluding tert-OH is 1. The van der Waals surface area contributed by atoms with Gasteiger partial charge in [0.15, 0.2) is 0 Å². The van der Waals surface area contributed by atoms with Crippen molar-refractivity contribution >= 4 is 17.7 Å². The van der Waals surface area contributed by atoms with Crippen molar-refractivity contribution < 1.29 is 9.90 Å². The number of benzene rings is 1. The molecule has 4 nitrogen and oxygen atoms in total. The summed E-state index contributed by atoms with van der Waals surface area (Å²) < 4.78 is 0. The van der Waals surface area contributed by atoms with E-state index in [4.69, 9.17) is 5.26 Å². The number of hydrogen-bond acceptors (Lipinski definition) is 4. The molecule has 2 saturated heterocycles. The molecule has 3 rings (SSSR count). The lowest BCUT2D eigenvalue weighted by atomic mass is 9.98. The molecule has 1 amide bonds. The highest BCUT2D eigenvalue weighted by molar-refractivity contribution is 7.99. The number of carbonyl (C=O) groups is 1. The number of amides is 1. The second-order valence-electron chi connectivity index (χ2n) is 5.67. The molecular weight excluding hydrogens is 284 g/mol. The highest BCUT2D eigenvalue weighted by Gasteiger charge is 2.43. The molecule has 2 atom stereocenters. The lowest BCUT2D eigenvalue weighted by molar-refractivity contribution is 0.0284. The first kappa shape index (κ1) is 14.4. The summed E-state index contributed by atoms with van der Waals surface area (Å²) in [5.41, 5.74) is 0.686. The molecule has 0 aliphatic carbocycles. The Morgan fingerprint density at radius 3 is 2.67 bits per heavy atom. The maximum Gasteiger partial charge on any atom is 0.255 e. The Hall–Kier alpha value is -1.51.